The van der Waals surface area contributed by atoms with Crippen LogP contribution in [0.25, 0.3) is 0 Å². The Morgan fingerprint density at radius 2 is 2.17 bits per heavy atom. The Bertz CT molecular complexity index is 465. The summed E-state index contributed by atoms with van der Waals surface area (Å²) in [6.07, 6.45) is 0.476. The van der Waals surface area contributed by atoms with Gasteiger partial charge in [0, 0.05) is 16.1 Å². The number of carbonyl (C=O) groups is 2. The van der Waals surface area contributed by atoms with Crippen molar-refractivity contribution in [1.82, 2.24) is 5.32 Å². The second kappa shape index (κ2) is 6.75. The van der Waals surface area contributed by atoms with Gasteiger partial charge in [0.15, 0.2) is 0 Å². The topological polar surface area (TPSA) is 66.4 Å². The van der Waals surface area contributed by atoms with Gasteiger partial charge in [-0.2, -0.15) is 0 Å². The molecule has 1 unspecified atom stereocenters. The molecule has 0 radical (unpaired) electrons. The zero-order valence-electron chi connectivity index (χ0n) is 9.74. The molecule has 0 heterocycles. The predicted molar refractivity (Wildman–Crippen MR) is 73.0 cm³/mol. The predicted octanol–water partition coefficient (Wildman–Crippen LogP) is 3.09. The minimum Gasteiger partial charge on any atom is -0.481 e. The van der Waals surface area contributed by atoms with Gasteiger partial charge in [-0.3, -0.25) is 9.59 Å². The highest BCUT2D eigenvalue weighted by molar-refractivity contribution is 9.10. The van der Waals surface area contributed by atoms with E-state index in [0.29, 0.717) is 21.5 Å². The summed E-state index contributed by atoms with van der Waals surface area (Å²) in [5.41, 5.74) is 0.440. The van der Waals surface area contributed by atoms with Crippen molar-refractivity contribution >= 4 is 39.4 Å². The second-order valence-electron chi connectivity index (χ2n) is 3.81. The minimum absolute atomic E-state index is 0.0863. The summed E-state index contributed by atoms with van der Waals surface area (Å²) in [5, 5.41) is 11.9. The van der Waals surface area contributed by atoms with E-state index in [1.165, 1.54) is 0 Å². The molecule has 4 nitrogen and oxygen atoms in total. The fourth-order valence-corrected chi connectivity index (χ4v) is 1.91. The average Bonchev–Trinajstić information content (AvgIpc) is 2.31. The van der Waals surface area contributed by atoms with Gasteiger partial charge in [-0.05, 0) is 40.5 Å². The van der Waals surface area contributed by atoms with Gasteiger partial charge in [0.1, 0.15) is 0 Å². The monoisotopic (exact) mass is 333 g/mol. The quantitative estimate of drug-likeness (QED) is 0.869. The molecule has 1 rings (SSSR count). The van der Waals surface area contributed by atoms with Gasteiger partial charge >= 0.3 is 5.97 Å². The molecule has 0 aliphatic heterocycles. The number of amides is 1. The molecule has 0 aliphatic carbocycles. The lowest BCUT2D eigenvalue weighted by Crippen LogP contribution is -2.36. The van der Waals surface area contributed by atoms with Gasteiger partial charge < -0.3 is 10.4 Å². The molecule has 1 atom stereocenters. The summed E-state index contributed by atoms with van der Waals surface area (Å²) in [4.78, 5) is 22.5. The first-order chi connectivity index (χ1) is 8.43. The van der Waals surface area contributed by atoms with Crippen molar-refractivity contribution in [3.8, 4) is 0 Å². The van der Waals surface area contributed by atoms with Crippen LogP contribution < -0.4 is 5.32 Å². The number of rotatable bonds is 5. The fourth-order valence-electron chi connectivity index (χ4n) is 1.41. The lowest BCUT2D eigenvalue weighted by Gasteiger charge is -2.15. The summed E-state index contributed by atoms with van der Waals surface area (Å²) in [5.74, 6) is -1.24. The lowest BCUT2D eigenvalue weighted by atomic mass is 10.1. The van der Waals surface area contributed by atoms with E-state index in [4.69, 9.17) is 16.7 Å². The molecule has 18 heavy (non-hydrogen) atoms. The zero-order chi connectivity index (χ0) is 13.7. The third kappa shape index (κ3) is 4.31. The maximum atomic E-state index is 11.9. The Morgan fingerprint density at radius 3 is 2.67 bits per heavy atom. The summed E-state index contributed by atoms with van der Waals surface area (Å²) >= 11 is 9.06. The van der Waals surface area contributed by atoms with Crippen LogP contribution in [0.5, 0.6) is 0 Å². The van der Waals surface area contributed by atoms with Gasteiger partial charge in [-0.1, -0.05) is 18.5 Å². The van der Waals surface area contributed by atoms with E-state index < -0.39 is 5.97 Å². The van der Waals surface area contributed by atoms with Gasteiger partial charge in [0.2, 0.25) is 0 Å². The zero-order valence-corrected chi connectivity index (χ0v) is 12.1. The number of carbonyl (C=O) groups excluding carboxylic acids is 1. The number of carboxylic acids is 1. The molecule has 0 fully saturated rings. The maximum absolute atomic E-state index is 11.9. The molecule has 1 aromatic carbocycles. The first-order valence-electron chi connectivity index (χ1n) is 5.41. The molecule has 0 saturated heterocycles. The Morgan fingerprint density at radius 1 is 1.50 bits per heavy atom. The highest BCUT2D eigenvalue weighted by Crippen LogP contribution is 2.23. The Labute approximate surface area is 118 Å². The number of nitrogens with one attached hydrogen (secondary N) is 1. The molecule has 1 aromatic rings. The molecule has 0 aliphatic rings. The van der Waals surface area contributed by atoms with Gasteiger partial charge in [-0.25, -0.2) is 0 Å². The van der Waals surface area contributed by atoms with Crippen molar-refractivity contribution in [1.29, 1.82) is 0 Å². The van der Waals surface area contributed by atoms with Crippen LogP contribution in [0, 0.1) is 0 Å². The summed E-state index contributed by atoms with van der Waals surface area (Å²) in [7, 11) is 0. The van der Waals surface area contributed by atoms with Gasteiger partial charge in [0.05, 0.1) is 11.4 Å². The van der Waals surface area contributed by atoms with Crippen molar-refractivity contribution in [2.24, 2.45) is 0 Å². The number of hydrogen-bond donors (Lipinski definition) is 2. The van der Waals surface area contributed by atoms with Crippen LogP contribution in [-0.2, 0) is 4.79 Å². The number of aliphatic carboxylic acids is 1. The normalized spacial score (nSPS) is 11.9. The Hall–Kier alpha value is -1.07. The Balaban J connectivity index is 2.74. The number of benzene rings is 1. The molecule has 0 bridgehead atoms. The van der Waals surface area contributed by atoms with Crippen molar-refractivity contribution in [3.63, 3.8) is 0 Å². The first kappa shape index (κ1) is 15.0. The van der Waals surface area contributed by atoms with E-state index in [-0.39, 0.29) is 18.4 Å². The third-order valence-electron chi connectivity index (χ3n) is 2.43. The number of hydrogen-bond acceptors (Lipinski definition) is 2. The van der Waals surface area contributed by atoms with E-state index in [1.807, 2.05) is 6.92 Å². The van der Waals surface area contributed by atoms with Gasteiger partial charge in [-0.15, -0.1) is 0 Å². The first-order valence-corrected chi connectivity index (χ1v) is 6.58. The molecule has 0 aromatic heterocycles. The summed E-state index contributed by atoms with van der Waals surface area (Å²) < 4.78 is 0.628. The largest absolute Gasteiger partial charge is 0.481 e. The van der Waals surface area contributed by atoms with Crippen molar-refractivity contribution in [3.05, 3.63) is 33.3 Å². The van der Waals surface area contributed by atoms with Gasteiger partial charge in [0.25, 0.3) is 5.91 Å². The highest BCUT2D eigenvalue weighted by atomic mass is 79.9. The van der Waals surface area contributed by atoms with Crippen LogP contribution in [0.15, 0.2) is 22.7 Å². The second-order valence-corrected chi connectivity index (χ2v) is 5.07. The van der Waals surface area contributed by atoms with Crippen LogP contribution >= 0.6 is 27.5 Å². The van der Waals surface area contributed by atoms with Crippen molar-refractivity contribution < 1.29 is 14.7 Å². The van der Waals surface area contributed by atoms with E-state index >= 15 is 0 Å². The molecular formula is C12H13BrClNO3. The molecule has 0 saturated carbocycles. The Kier molecular flexibility index (Phi) is 5.62. The smallest absolute Gasteiger partial charge is 0.305 e. The van der Waals surface area contributed by atoms with E-state index in [9.17, 15) is 9.59 Å². The van der Waals surface area contributed by atoms with Crippen LogP contribution in [-0.4, -0.2) is 23.0 Å². The molecule has 1 amide bonds. The number of halogens is 2. The minimum atomic E-state index is -0.931. The number of carboxylic acid groups (broad SMARTS) is 1. The summed E-state index contributed by atoms with van der Waals surface area (Å²) in [6.45, 7) is 1.83. The SMILES string of the molecule is CCC(CC(=O)O)NC(=O)c1ccc(Cl)c(Br)c1. The van der Waals surface area contributed by atoms with Crippen LogP contribution in [0.2, 0.25) is 5.02 Å². The standard InChI is InChI=1S/C12H13BrClNO3/c1-2-8(6-11(16)17)15-12(18)7-3-4-10(14)9(13)5-7/h3-5,8H,2,6H2,1H3,(H,15,18)(H,16,17). The van der Waals surface area contributed by atoms with Crippen LogP contribution in [0.1, 0.15) is 30.1 Å². The maximum Gasteiger partial charge on any atom is 0.305 e. The lowest BCUT2D eigenvalue weighted by molar-refractivity contribution is -0.137. The average molecular weight is 335 g/mol. The fraction of sp³-hybridized carbons (Fsp3) is 0.333. The molecule has 6 heteroatoms. The van der Waals surface area contributed by atoms with E-state index in [1.54, 1.807) is 18.2 Å². The van der Waals surface area contributed by atoms with Crippen LogP contribution in [0.4, 0.5) is 0 Å². The van der Waals surface area contributed by atoms with Crippen LogP contribution in [0.3, 0.4) is 0 Å². The van der Waals surface area contributed by atoms with E-state index in [2.05, 4.69) is 21.2 Å². The highest BCUT2D eigenvalue weighted by Gasteiger charge is 2.15. The molecule has 0 spiro atoms. The molecular weight excluding hydrogens is 321 g/mol. The summed E-state index contributed by atoms with van der Waals surface area (Å²) in [6, 6.07) is 4.43. The molecule has 98 valence electrons. The van der Waals surface area contributed by atoms with Crippen molar-refractivity contribution in [2.45, 2.75) is 25.8 Å². The molecule has 2 N–H and O–H groups in total. The van der Waals surface area contributed by atoms with E-state index in [0.717, 1.165) is 0 Å². The van der Waals surface area contributed by atoms with Crippen molar-refractivity contribution in [2.75, 3.05) is 0 Å². The third-order valence-corrected chi connectivity index (χ3v) is 3.64.